The molecule has 0 spiro atoms. The Bertz CT molecular complexity index is 311. The minimum atomic E-state index is -0.617. The second kappa shape index (κ2) is 2.57. The predicted octanol–water partition coefficient (Wildman–Crippen LogP) is -0.112. The van der Waals surface area contributed by atoms with Gasteiger partial charge in [-0.2, -0.15) is 0 Å². The molecule has 0 unspecified atom stereocenters. The number of ketones is 1. The van der Waals surface area contributed by atoms with Crippen LogP contribution in [0.4, 0.5) is 0 Å². The molecule has 1 saturated heterocycles. The molecule has 4 nitrogen and oxygen atoms in total. The largest absolute Gasteiger partial charge is 0.459 e. The van der Waals surface area contributed by atoms with E-state index in [2.05, 4.69) is 0 Å². The Morgan fingerprint density at radius 1 is 1.29 bits per heavy atom. The quantitative estimate of drug-likeness (QED) is 0.549. The van der Waals surface area contributed by atoms with Crippen molar-refractivity contribution in [1.29, 1.82) is 0 Å². The van der Waals surface area contributed by atoms with Gasteiger partial charge in [0.2, 0.25) is 0 Å². The molecule has 3 aliphatic rings. The van der Waals surface area contributed by atoms with E-state index in [9.17, 15) is 14.7 Å². The maximum Gasteiger partial charge on any atom is 0.306 e. The fourth-order valence-electron chi connectivity index (χ4n) is 3.18. The van der Waals surface area contributed by atoms with E-state index in [1.165, 1.54) is 0 Å². The molecule has 1 aliphatic heterocycles. The van der Waals surface area contributed by atoms with Crippen LogP contribution in [0.3, 0.4) is 0 Å². The molecule has 0 radical (unpaired) electrons. The van der Waals surface area contributed by atoms with Crippen LogP contribution in [-0.4, -0.2) is 29.1 Å². The summed E-state index contributed by atoms with van der Waals surface area (Å²) < 4.78 is 5.07. The average Bonchev–Trinajstić information content (AvgIpc) is 2.65. The molecule has 1 N–H and O–H groups in total. The van der Waals surface area contributed by atoms with E-state index in [1.54, 1.807) is 0 Å². The monoisotopic (exact) mass is 196 g/mol. The predicted molar refractivity (Wildman–Crippen MR) is 45.2 cm³/mol. The van der Waals surface area contributed by atoms with Gasteiger partial charge >= 0.3 is 5.97 Å². The van der Waals surface area contributed by atoms with Crippen molar-refractivity contribution in [2.45, 2.75) is 31.5 Å². The van der Waals surface area contributed by atoms with Gasteiger partial charge in [0.05, 0.1) is 12.5 Å². The Morgan fingerprint density at radius 2 is 2.07 bits per heavy atom. The van der Waals surface area contributed by atoms with Gasteiger partial charge in [-0.15, -0.1) is 0 Å². The second-order valence-electron chi connectivity index (χ2n) is 4.59. The molecule has 0 aromatic rings. The summed E-state index contributed by atoms with van der Waals surface area (Å²) in [6.45, 7) is 0. The number of carbonyl (C=O) groups is 2. The molecule has 4 heteroatoms. The minimum absolute atomic E-state index is 0.0275. The number of aliphatic hydroxyl groups is 1. The summed E-state index contributed by atoms with van der Waals surface area (Å²) in [6.07, 6.45) is 0.505. The Balaban J connectivity index is 1.96. The molecular weight excluding hydrogens is 184 g/mol. The zero-order chi connectivity index (χ0) is 9.87. The lowest BCUT2D eigenvalue weighted by molar-refractivity contribution is -0.149. The smallest absolute Gasteiger partial charge is 0.306 e. The van der Waals surface area contributed by atoms with Crippen molar-refractivity contribution >= 4 is 11.8 Å². The van der Waals surface area contributed by atoms with Crippen LogP contribution >= 0.6 is 0 Å². The van der Waals surface area contributed by atoms with E-state index in [-0.39, 0.29) is 29.5 Å². The first-order chi connectivity index (χ1) is 6.66. The zero-order valence-corrected chi connectivity index (χ0v) is 7.68. The van der Waals surface area contributed by atoms with Crippen LogP contribution < -0.4 is 0 Å². The highest BCUT2D eigenvalue weighted by Crippen LogP contribution is 2.48. The highest BCUT2D eigenvalue weighted by Gasteiger charge is 2.56. The molecule has 3 fully saturated rings. The number of ether oxygens (including phenoxy) is 1. The fraction of sp³-hybridized carbons (Fsp3) is 0.800. The molecule has 2 saturated carbocycles. The third kappa shape index (κ3) is 0.919. The summed E-state index contributed by atoms with van der Waals surface area (Å²) in [6, 6.07) is 0. The summed E-state index contributed by atoms with van der Waals surface area (Å²) in [4.78, 5) is 22.7. The van der Waals surface area contributed by atoms with E-state index in [4.69, 9.17) is 4.74 Å². The van der Waals surface area contributed by atoms with Crippen LogP contribution in [0.1, 0.15) is 19.3 Å². The number of rotatable bonds is 0. The molecular formula is C10H12O4. The molecule has 76 valence electrons. The first-order valence-electron chi connectivity index (χ1n) is 5.07. The Morgan fingerprint density at radius 3 is 2.86 bits per heavy atom. The van der Waals surface area contributed by atoms with Gasteiger partial charge < -0.3 is 9.84 Å². The van der Waals surface area contributed by atoms with Crippen LogP contribution in [-0.2, 0) is 14.3 Å². The molecule has 0 aromatic carbocycles. The van der Waals surface area contributed by atoms with E-state index in [0.29, 0.717) is 12.8 Å². The molecule has 2 aliphatic carbocycles. The maximum absolute atomic E-state index is 11.6. The average molecular weight is 196 g/mol. The first-order valence-corrected chi connectivity index (χ1v) is 5.07. The van der Waals surface area contributed by atoms with Crippen LogP contribution in [0.15, 0.2) is 0 Å². The number of hydrogen-bond acceptors (Lipinski definition) is 4. The lowest BCUT2D eigenvalue weighted by Gasteiger charge is -2.32. The summed E-state index contributed by atoms with van der Waals surface area (Å²) >= 11 is 0. The molecule has 1 heterocycles. The summed E-state index contributed by atoms with van der Waals surface area (Å²) in [5.41, 5.74) is 0. The Labute approximate surface area is 81.2 Å². The third-order valence-electron chi connectivity index (χ3n) is 3.86. The molecule has 0 amide bonds. The van der Waals surface area contributed by atoms with Crippen molar-refractivity contribution in [3.63, 3.8) is 0 Å². The van der Waals surface area contributed by atoms with E-state index >= 15 is 0 Å². The lowest BCUT2D eigenvalue weighted by atomic mass is 9.76. The Hall–Kier alpha value is -0.900. The van der Waals surface area contributed by atoms with Gasteiger partial charge in [0.25, 0.3) is 0 Å². The van der Waals surface area contributed by atoms with E-state index < -0.39 is 12.2 Å². The number of hydrogen-bond donors (Lipinski definition) is 1. The minimum Gasteiger partial charge on any atom is -0.459 e. The fourth-order valence-corrected chi connectivity index (χ4v) is 3.18. The van der Waals surface area contributed by atoms with Gasteiger partial charge in [-0.3, -0.25) is 9.59 Å². The van der Waals surface area contributed by atoms with Gasteiger partial charge in [0.1, 0.15) is 11.9 Å². The van der Waals surface area contributed by atoms with Crippen molar-refractivity contribution in [2.75, 3.05) is 0 Å². The Kier molecular flexibility index (Phi) is 1.54. The topological polar surface area (TPSA) is 63.6 Å². The molecule has 5 atom stereocenters. The van der Waals surface area contributed by atoms with E-state index in [0.717, 1.165) is 6.42 Å². The second-order valence-corrected chi connectivity index (χ2v) is 4.59. The standard InChI is InChI=1S/C10H12O4/c11-7-2-4-1-5(7)6-3-8(12)14-10(6)9(4)13/h4-6,9-10,13H,1-3H2/t4-,5-,6-,9-,10-/m1/s1. The van der Waals surface area contributed by atoms with Crippen molar-refractivity contribution in [3.05, 3.63) is 0 Å². The van der Waals surface area contributed by atoms with Gasteiger partial charge in [0, 0.05) is 18.3 Å². The molecule has 14 heavy (non-hydrogen) atoms. The summed E-state index contributed by atoms with van der Waals surface area (Å²) in [5, 5.41) is 9.87. The number of Topliss-reactive ketones (excluding diaryl/α,β-unsaturated/α-hetero) is 1. The zero-order valence-electron chi connectivity index (χ0n) is 7.68. The highest BCUT2D eigenvalue weighted by atomic mass is 16.6. The third-order valence-corrected chi connectivity index (χ3v) is 3.86. The van der Waals surface area contributed by atoms with Crippen molar-refractivity contribution in [1.82, 2.24) is 0 Å². The van der Waals surface area contributed by atoms with Gasteiger partial charge in [-0.1, -0.05) is 0 Å². The molecule has 2 bridgehead atoms. The van der Waals surface area contributed by atoms with Gasteiger partial charge in [0.15, 0.2) is 0 Å². The first kappa shape index (κ1) is 8.41. The van der Waals surface area contributed by atoms with Gasteiger partial charge in [-0.25, -0.2) is 0 Å². The van der Waals surface area contributed by atoms with Crippen molar-refractivity contribution in [2.24, 2.45) is 17.8 Å². The SMILES string of the molecule is O=C1C[C@H]2[C@@H](O1)[C@H](O)[C@H]1CC(=O)[C@@H]2C1. The van der Waals surface area contributed by atoms with Crippen molar-refractivity contribution < 1.29 is 19.4 Å². The lowest BCUT2D eigenvalue weighted by Crippen LogP contribution is -2.42. The van der Waals surface area contributed by atoms with Crippen LogP contribution in [0.5, 0.6) is 0 Å². The van der Waals surface area contributed by atoms with Crippen LogP contribution in [0, 0.1) is 17.8 Å². The summed E-state index contributed by atoms with van der Waals surface area (Å²) in [7, 11) is 0. The van der Waals surface area contributed by atoms with E-state index in [1.807, 2.05) is 0 Å². The maximum atomic E-state index is 11.6. The molecule has 0 aromatic heterocycles. The number of carbonyl (C=O) groups excluding carboxylic acids is 2. The number of fused-ring (bicyclic) bond motifs is 4. The number of aliphatic hydroxyl groups excluding tert-OH is 1. The van der Waals surface area contributed by atoms with Crippen molar-refractivity contribution in [3.8, 4) is 0 Å². The summed E-state index contributed by atoms with van der Waals surface area (Å²) in [5.74, 6) is -0.109. The van der Waals surface area contributed by atoms with Crippen LogP contribution in [0.2, 0.25) is 0 Å². The molecule has 3 rings (SSSR count). The van der Waals surface area contributed by atoms with Gasteiger partial charge in [-0.05, 0) is 12.3 Å². The van der Waals surface area contributed by atoms with Crippen LogP contribution in [0.25, 0.3) is 0 Å². The highest BCUT2D eigenvalue weighted by molar-refractivity contribution is 5.86. The normalized spacial score (nSPS) is 50.5. The number of esters is 1.